The summed E-state index contributed by atoms with van der Waals surface area (Å²) in [5.74, 6) is 0.707. The normalized spacial score (nSPS) is 13.2. The third-order valence-electron chi connectivity index (χ3n) is 5.00. The van der Waals surface area contributed by atoms with E-state index in [2.05, 4.69) is 29.2 Å². The van der Waals surface area contributed by atoms with Crippen LogP contribution < -0.4 is 10.1 Å². The molecule has 0 amide bonds. The second-order valence-electron chi connectivity index (χ2n) is 6.68. The average Bonchev–Trinajstić information content (AvgIpc) is 2.93. The third kappa shape index (κ3) is 5.05. The van der Waals surface area contributed by atoms with E-state index in [9.17, 15) is 13.2 Å². The van der Waals surface area contributed by atoms with Gasteiger partial charge in [0, 0.05) is 26.2 Å². The number of hydrogen-bond acceptors (Lipinski definition) is 4. The highest BCUT2D eigenvalue weighted by atomic mass is 19.4. The summed E-state index contributed by atoms with van der Waals surface area (Å²) < 4.78 is 45.7. The minimum atomic E-state index is -4.32. The molecule has 1 aromatic carbocycles. The van der Waals surface area contributed by atoms with Crippen LogP contribution in [0.4, 0.5) is 13.2 Å². The van der Waals surface area contributed by atoms with Crippen molar-refractivity contribution in [3.8, 4) is 5.88 Å². The molecule has 0 spiro atoms. The predicted octanol–water partition coefficient (Wildman–Crippen LogP) is 3.93. The van der Waals surface area contributed by atoms with Crippen molar-refractivity contribution >= 4 is 0 Å². The summed E-state index contributed by atoms with van der Waals surface area (Å²) in [5.41, 5.74) is 2.11. The largest absolute Gasteiger partial charge is 0.481 e. The molecule has 0 bridgehead atoms. The summed E-state index contributed by atoms with van der Waals surface area (Å²) in [7, 11) is 3.44. The van der Waals surface area contributed by atoms with E-state index in [4.69, 9.17) is 4.74 Å². The van der Waals surface area contributed by atoms with E-state index in [1.165, 1.54) is 0 Å². The molecule has 8 heteroatoms. The molecule has 2 aromatic rings. The molecule has 1 atom stereocenters. The average molecular weight is 398 g/mol. The molecule has 0 radical (unpaired) electrons. The molecule has 28 heavy (non-hydrogen) atoms. The molecule has 5 nitrogen and oxygen atoms in total. The molecule has 0 saturated heterocycles. The summed E-state index contributed by atoms with van der Waals surface area (Å²) >= 11 is 0. The van der Waals surface area contributed by atoms with Gasteiger partial charge in [0.2, 0.25) is 5.88 Å². The van der Waals surface area contributed by atoms with Crippen molar-refractivity contribution in [1.82, 2.24) is 20.0 Å². The van der Waals surface area contributed by atoms with Gasteiger partial charge in [0.15, 0.2) is 0 Å². The van der Waals surface area contributed by atoms with Crippen LogP contribution in [0.25, 0.3) is 0 Å². The number of rotatable bonds is 9. The maximum atomic E-state index is 12.9. The fraction of sp³-hybridized carbons (Fsp3) is 0.550. The number of alkyl halides is 3. The Kier molecular flexibility index (Phi) is 7.48. The van der Waals surface area contributed by atoms with Gasteiger partial charge < -0.3 is 10.1 Å². The first kappa shape index (κ1) is 22.2. The van der Waals surface area contributed by atoms with E-state index in [0.29, 0.717) is 19.0 Å². The lowest BCUT2D eigenvalue weighted by atomic mass is 10.0. The number of ether oxygens (including phenoxy) is 1. The minimum absolute atomic E-state index is 0.0275. The topological polar surface area (TPSA) is 42.3 Å². The Balaban J connectivity index is 2.16. The van der Waals surface area contributed by atoms with E-state index in [1.807, 2.05) is 14.0 Å². The van der Waals surface area contributed by atoms with E-state index >= 15 is 0 Å². The molecule has 0 aliphatic carbocycles. The van der Waals surface area contributed by atoms with Gasteiger partial charge >= 0.3 is 6.18 Å². The van der Waals surface area contributed by atoms with Crippen molar-refractivity contribution in [1.29, 1.82) is 0 Å². The van der Waals surface area contributed by atoms with E-state index < -0.39 is 11.7 Å². The maximum absolute atomic E-state index is 12.9. The van der Waals surface area contributed by atoms with Crippen LogP contribution in [0.1, 0.15) is 42.3 Å². The molecule has 2 rings (SSSR count). The zero-order valence-corrected chi connectivity index (χ0v) is 17.1. The molecule has 0 aliphatic rings. The predicted molar refractivity (Wildman–Crippen MR) is 103 cm³/mol. The monoisotopic (exact) mass is 398 g/mol. The molecule has 0 saturated carbocycles. The summed E-state index contributed by atoms with van der Waals surface area (Å²) in [6, 6.07) is 5.42. The molecule has 0 fully saturated rings. The Bertz CT molecular complexity index is 752. The summed E-state index contributed by atoms with van der Waals surface area (Å²) in [5, 5.41) is 7.80. The van der Waals surface area contributed by atoms with Gasteiger partial charge in [0.25, 0.3) is 0 Å². The van der Waals surface area contributed by atoms with Gasteiger partial charge in [0.1, 0.15) is 0 Å². The van der Waals surface area contributed by atoms with Crippen molar-refractivity contribution in [3.05, 3.63) is 46.6 Å². The highest BCUT2D eigenvalue weighted by molar-refractivity contribution is 5.31. The van der Waals surface area contributed by atoms with Gasteiger partial charge in [-0.1, -0.05) is 26.0 Å². The van der Waals surface area contributed by atoms with Crippen LogP contribution in [0.5, 0.6) is 5.88 Å². The van der Waals surface area contributed by atoms with Crippen molar-refractivity contribution in [2.45, 2.75) is 39.5 Å². The standard InChI is InChI=1S/C20H29F3N4O/c1-6-27(7-2)18(15-8-10-16(11-9-15)20(21,22)23)13-24-12-17-14(3)25-26(4)19(17)28-5/h8-11,18,24H,6-7,12-13H2,1-5H3. The van der Waals surface area contributed by atoms with Gasteiger partial charge in [0.05, 0.1) is 23.9 Å². The number of halogens is 3. The number of likely N-dealkylation sites (N-methyl/N-ethyl adjacent to an activating group) is 1. The molecule has 1 aromatic heterocycles. The Morgan fingerprint density at radius 2 is 1.79 bits per heavy atom. The lowest BCUT2D eigenvalue weighted by Gasteiger charge is -2.30. The van der Waals surface area contributed by atoms with Crippen LogP contribution in [0.3, 0.4) is 0 Å². The van der Waals surface area contributed by atoms with E-state index in [1.54, 1.807) is 23.9 Å². The van der Waals surface area contributed by atoms with Crippen LogP contribution in [0.2, 0.25) is 0 Å². The number of nitrogens with zero attached hydrogens (tertiary/aromatic N) is 3. The van der Waals surface area contributed by atoms with Gasteiger partial charge in [-0.15, -0.1) is 0 Å². The van der Waals surface area contributed by atoms with Gasteiger partial charge in [-0.2, -0.15) is 18.3 Å². The highest BCUT2D eigenvalue weighted by Gasteiger charge is 2.30. The zero-order chi connectivity index (χ0) is 20.9. The lowest BCUT2D eigenvalue weighted by Crippen LogP contribution is -2.35. The van der Waals surface area contributed by atoms with Crippen LogP contribution >= 0.6 is 0 Å². The van der Waals surface area contributed by atoms with Crippen molar-refractivity contribution < 1.29 is 17.9 Å². The van der Waals surface area contributed by atoms with E-state index in [-0.39, 0.29) is 6.04 Å². The molecular formula is C20H29F3N4O. The number of aromatic nitrogens is 2. The van der Waals surface area contributed by atoms with E-state index in [0.717, 1.165) is 42.0 Å². The van der Waals surface area contributed by atoms with Gasteiger partial charge in [-0.05, 0) is 37.7 Å². The quantitative estimate of drug-likeness (QED) is 0.695. The molecular weight excluding hydrogens is 369 g/mol. The maximum Gasteiger partial charge on any atom is 0.416 e. The Hall–Kier alpha value is -2.06. The number of methoxy groups -OCH3 is 1. The minimum Gasteiger partial charge on any atom is -0.481 e. The summed E-state index contributed by atoms with van der Waals surface area (Å²) in [6.07, 6.45) is -4.32. The molecule has 156 valence electrons. The second-order valence-corrected chi connectivity index (χ2v) is 6.68. The fourth-order valence-electron chi connectivity index (χ4n) is 3.49. The number of benzene rings is 1. The fourth-order valence-corrected chi connectivity index (χ4v) is 3.49. The first-order valence-electron chi connectivity index (χ1n) is 9.41. The Morgan fingerprint density at radius 1 is 1.18 bits per heavy atom. The van der Waals surface area contributed by atoms with Crippen LogP contribution in [0, 0.1) is 6.92 Å². The number of aryl methyl sites for hydroxylation is 2. The zero-order valence-electron chi connectivity index (χ0n) is 17.1. The van der Waals surface area contributed by atoms with Crippen molar-refractivity contribution in [2.24, 2.45) is 7.05 Å². The van der Waals surface area contributed by atoms with Gasteiger partial charge in [-0.25, -0.2) is 4.68 Å². The molecule has 1 unspecified atom stereocenters. The Labute approximate surface area is 164 Å². The first-order chi connectivity index (χ1) is 13.2. The van der Waals surface area contributed by atoms with Gasteiger partial charge in [-0.3, -0.25) is 4.90 Å². The second kappa shape index (κ2) is 9.43. The number of nitrogens with one attached hydrogen (secondary N) is 1. The van der Waals surface area contributed by atoms with Crippen LogP contribution in [-0.4, -0.2) is 41.4 Å². The first-order valence-corrected chi connectivity index (χ1v) is 9.41. The lowest BCUT2D eigenvalue weighted by molar-refractivity contribution is -0.137. The Morgan fingerprint density at radius 3 is 2.29 bits per heavy atom. The van der Waals surface area contributed by atoms with Crippen molar-refractivity contribution in [3.63, 3.8) is 0 Å². The molecule has 1 heterocycles. The third-order valence-corrected chi connectivity index (χ3v) is 5.00. The highest BCUT2D eigenvalue weighted by Crippen LogP contribution is 2.31. The summed E-state index contributed by atoms with van der Waals surface area (Å²) in [6.45, 7) is 8.81. The molecule has 1 N–H and O–H groups in total. The number of hydrogen-bond donors (Lipinski definition) is 1. The van der Waals surface area contributed by atoms with Crippen molar-refractivity contribution in [2.75, 3.05) is 26.7 Å². The summed E-state index contributed by atoms with van der Waals surface area (Å²) in [4.78, 5) is 2.23. The van der Waals surface area contributed by atoms with Crippen LogP contribution in [-0.2, 0) is 19.8 Å². The SMILES string of the molecule is CCN(CC)C(CNCc1c(C)nn(C)c1OC)c1ccc(C(F)(F)F)cc1. The molecule has 0 aliphatic heterocycles. The van der Waals surface area contributed by atoms with Crippen LogP contribution in [0.15, 0.2) is 24.3 Å². The smallest absolute Gasteiger partial charge is 0.416 e.